The zero-order valence-corrected chi connectivity index (χ0v) is 8.43. The summed E-state index contributed by atoms with van der Waals surface area (Å²) >= 11 is 0. The van der Waals surface area contributed by atoms with E-state index in [1.807, 2.05) is 0 Å². The third-order valence-corrected chi connectivity index (χ3v) is 0.622. The fourth-order valence-corrected chi connectivity index (χ4v) is 0.246. The molecule has 0 aromatic rings. The van der Waals surface area contributed by atoms with Crippen LogP contribution in [-0.4, -0.2) is 30.1 Å². The molecule has 0 spiro atoms. The number of aliphatic carboxylic acids is 1. The van der Waals surface area contributed by atoms with Gasteiger partial charge in [-0.3, -0.25) is 9.59 Å². The first-order valence-electron chi connectivity index (χ1n) is 2.35. The Bertz CT molecular complexity index is 128. The fraction of sp³-hybridized carbons (Fsp3) is 0.500. The summed E-state index contributed by atoms with van der Waals surface area (Å²) in [7, 11) is 0. The summed E-state index contributed by atoms with van der Waals surface area (Å²) in [6, 6.07) is 0. The van der Waals surface area contributed by atoms with E-state index in [9.17, 15) is 9.59 Å². The molecule has 0 rings (SSSR count). The minimum absolute atomic E-state index is 0. The minimum Gasteiger partial charge on any atom is -0.480 e. The molecule has 0 aromatic heterocycles. The Morgan fingerprint density at radius 2 is 2.00 bits per heavy atom. The molecule has 4 N–H and O–H groups in total. The molecule has 0 aliphatic carbocycles. The van der Waals surface area contributed by atoms with Crippen LogP contribution in [0.4, 0.5) is 0 Å². The van der Waals surface area contributed by atoms with Crippen LogP contribution >= 0.6 is 0 Å². The van der Waals surface area contributed by atoms with E-state index in [1.165, 1.54) is 0 Å². The Labute approximate surface area is 70.7 Å². The Morgan fingerprint density at radius 1 is 1.50 bits per heavy atom. The maximum absolute atomic E-state index is 10.2. The van der Waals surface area contributed by atoms with Gasteiger partial charge in [0.2, 0.25) is 5.91 Å². The number of rotatable bonds is 3. The molecule has 0 aliphatic rings. The average molecular weight is 198 g/mol. The van der Waals surface area contributed by atoms with Crippen LogP contribution in [0.15, 0.2) is 0 Å². The molecule has 0 saturated heterocycles. The third-order valence-electron chi connectivity index (χ3n) is 0.622. The smallest absolute Gasteiger partial charge is 0.322 e. The van der Waals surface area contributed by atoms with Crippen LogP contribution in [0, 0.1) is 0 Å². The number of carboxylic acid groups (broad SMARTS) is 1. The van der Waals surface area contributed by atoms with Crippen LogP contribution in [0.3, 0.4) is 0 Å². The summed E-state index contributed by atoms with van der Waals surface area (Å²) in [5.41, 5.74) is 4.85. The number of nitrogens with one attached hydrogen (secondary N) is 1. The van der Waals surface area contributed by atoms with Gasteiger partial charge in [0.15, 0.2) is 0 Å². The van der Waals surface area contributed by atoms with E-state index in [1.54, 1.807) is 0 Å². The average Bonchev–Trinajstić information content (AvgIpc) is 1.83. The molecule has 0 atom stereocenters. The van der Waals surface area contributed by atoms with Crippen molar-refractivity contribution in [2.45, 2.75) is 0 Å². The maximum atomic E-state index is 10.2. The SMILES string of the molecule is NCC(=O)NCC(=O)O.[Zn]. The van der Waals surface area contributed by atoms with Gasteiger partial charge >= 0.3 is 5.97 Å². The third kappa shape index (κ3) is 7.52. The van der Waals surface area contributed by atoms with Gasteiger partial charge in [-0.05, 0) is 0 Å². The van der Waals surface area contributed by atoms with Crippen LogP contribution in [-0.2, 0) is 29.1 Å². The summed E-state index contributed by atoms with van der Waals surface area (Å²) in [6.07, 6.45) is 0. The standard InChI is InChI=1S/C4H8N2O3.Zn/c5-1-3(7)6-2-4(8)9;/h1-2,5H2,(H,6,7)(H,8,9);. The number of carboxylic acids is 1. The quantitative estimate of drug-likeness (QED) is 0.463. The predicted octanol–water partition coefficient (Wildman–Crippen LogP) is -1.86. The summed E-state index contributed by atoms with van der Waals surface area (Å²) < 4.78 is 0. The number of nitrogens with two attached hydrogens (primary N) is 1. The van der Waals surface area contributed by atoms with Crippen molar-refractivity contribution in [2.75, 3.05) is 13.1 Å². The van der Waals surface area contributed by atoms with Crippen molar-refractivity contribution in [2.24, 2.45) is 5.73 Å². The van der Waals surface area contributed by atoms with Gasteiger partial charge in [-0.1, -0.05) is 0 Å². The van der Waals surface area contributed by atoms with Crippen LogP contribution in [0.5, 0.6) is 0 Å². The maximum Gasteiger partial charge on any atom is 0.322 e. The van der Waals surface area contributed by atoms with Crippen molar-refractivity contribution in [3.05, 3.63) is 0 Å². The first-order chi connectivity index (χ1) is 4.16. The second-order valence-electron chi connectivity index (χ2n) is 1.37. The Hall–Kier alpha value is -0.477. The van der Waals surface area contributed by atoms with Crippen molar-refractivity contribution >= 4 is 11.9 Å². The molecule has 0 unspecified atom stereocenters. The Morgan fingerprint density at radius 3 is 2.30 bits per heavy atom. The van der Waals surface area contributed by atoms with Crippen LogP contribution in [0.1, 0.15) is 0 Å². The van der Waals surface area contributed by atoms with Crippen molar-refractivity contribution in [1.82, 2.24) is 5.32 Å². The zero-order valence-electron chi connectivity index (χ0n) is 5.46. The largest absolute Gasteiger partial charge is 0.480 e. The first-order valence-corrected chi connectivity index (χ1v) is 2.35. The van der Waals surface area contributed by atoms with E-state index in [4.69, 9.17) is 10.8 Å². The van der Waals surface area contributed by atoms with Gasteiger partial charge in [-0.25, -0.2) is 0 Å². The molecule has 0 radical (unpaired) electrons. The van der Waals surface area contributed by atoms with Gasteiger partial charge < -0.3 is 16.2 Å². The topological polar surface area (TPSA) is 92.4 Å². The second kappa shape index (κ2) is 6.64. The van der Waals surface area contributed by atoms with Gasteiger partial charge in [0, 0.05) is 19.5 Å². The fourth-order valence-electron chi connectivity index (χ4n) is 0.246. The first kappa shape index (κ1) is 12.2. The summed E-state index contributed by atoms with van der Waals surface area (Å²) in [6.45, 7) is -0.538. The molecule has 0 aromatic carbocycles. The monoisotopic (exact) mass is 196 g/mol. The van der Waals surface area contributed by atoms with Crippen molar-refractivity contribution in [1.29, 1.82) is 0 Å². The summed E-state index contributed by atoms with van der Waals surface area (Å²) in [4.78, 5) is 20.0. The van der Waals surface area contributed by atoms with Crippen molar-refractivity contribution < 1.29 is 34.2 Å². The second-order valence-corrected chi connectivity index (χ2v) is 1.37. The van der Waals surface area contributed by atoms with E-state index in [0.717, 1.165) is 0 Å². The Kier molecular flexibility index (Phi) is 8.12. The molecule has 0 aliphatic heterocycles. The molecule has 5 nitrogen and oxygen atoms in total. The van der Waals surface area contributed by atoms with Gasteiger partial charge in [-0.15, -0.1) is 0 Å². The summed E-state index contributed by atoms with van der Waals surface area (Å²) in [5, 5.41) is 10.1. The zero-order chi connectivity index (χ0) is 7.28. The minimum atomic E-state index is -1.07. The van der Waals surface area contributed by atoms with E-state index in [2.05, 4.69) is 5.32 Å². The molecule has 54 valence electrons. The van der Waals surface area contributed by atoms with Crippen LogP contribution in [0.2, 0.25) is 0 Å². The molecule has 0 fully saturated rings. The van der Waals surface area contributed by atoms with E-state index < -0.39 is 11.9 Å². The number of hydrogen-bond donors (Lipinski definition) is 3. The van der Waals surface area contributed by atoms with Crippen molar-refractivity contribution in [3.8, 4) is 0 Å². The molecule has 0 heterocycles. The molecule has 0 bridgehead atoms. The molecular weight excluding hydrogens is 189 g/mol. The van der Waals surface area contributed by atoms with Crippen LogP contribution in [0.25, 0.3) is 0 Å². The number of hydrogen-bond acceptors (Lipinski definition) is 3. The van der Waals surface area contributed by atoms with E-state index in [0.29, 0.717) is 0 Å². The normalized spacial score (nSPS) is 7.70. The molecule has 6 heteroatoms. The number of carbonyl (C=O) groups is 2. The number of amides is 1. The molecule has 0 saturated carbocycles. The molecular formula is C4H8N2O3Zn. The van der Waals surface area contributed by atoms with E-state index in [-0.39, 0.29) is 32.6 Å². The predicted molar refractivity (Wildman–Crippen MR) is 29.7 cm³/mol. The van der Waals surface area contributed by atoms with Gasteiger partial charge in [0.25, 0.3) is 0 Å². The molecule has 10 heavy (non-hydrogen) atoms. The molecule has 1 amide bonds. The van der Waals surface area contributed by atoms with E-state index >= 15 is 0 Å². The Balaban J connectivity index is 0. The van der Waals surface area contributed by atoms with Gasteiger partial charge in [-0.2, -0.15) is 0 Å². The van der Waals surface area contributed by atoms with Gasteiger partial charge in [0.05, 0.1) is 6.54 Å². The van der Waals surface area contributed by atoms with Crippen molar-refractivity contribution in [3.63, 3.8) is 0 Å². The van der Waals surface area contributed by atoms with Gasteiger partial charge in [0.1, 0.15) is 6.54 Å². The summed E-state index contributed by atoms with van der Waals surface area (Å²) in [5.74, 6) is -1.53. The number of carbonyl (C=O) groups excluding carboxylic acids is 1. The van der Waals surface area contributed by atoms with Crippen LogP contribution < -0.4 is 11.1 Å².